The molecule has 2 amide bonds. The fourth-order valence-electron chi connectivity index (χ4n) is 3.03. The number of esters is 1. The maximum atomic E-state index is 12.2. The highest BCUT2D eigenvalue weighted by Gasteiger charge is 2.11. The molecule has 3 rings (SSSR count). The third kappa shape index (κ3) is 9.18. The van der Waals surface area contributed by atoms with Gasteiger partial charge in [0.1, 0.15) is 11.5 Å². The first-order valence-electron chi connectivity index (χ1n) is 10.8. The van der Waals surface area contributed by atoms with Gasteiger partial charge in [-0.3, -0.25) is 14.4 Å². The van der Waals surface area contributed by atoms with Crippen LogP contribution in [0, 0.1) is 6.92 Å². The molecule has 0 aliphatic rings. The molecule has 0 heterocycles. The lowest BCUT2D eigenvalue weighted by molar-refractivity contribution is -0.147. The van der Waals surface area contributed by atoms with Gasteiger partial charge in [-0.05, 0) is 85.6 Å². The van der Waals surface area contributed by atoms with E-state index in [1.165, 1.54) is 0 Å². The summed E-state index contributed by atoms with van der Waals surface area (Å²) in [5, 5.41) is 5.48. The third-order valence-electron chi connectivity index (χ3n) is 4.80. The fourth-order valence-corrected chi connectivity index (χ4v) is 3.77. The molecule has 3 aromatic rings. The summed E-state index contributed by atoms with van der Waals surface area (Å²) in [4.78, 5) is 36.1. The standard InChI is InChI=1S/C26H24Br2N2O5/c1-17-15-19(28)7-14-23(17)30-25(32)16-34-26(33)4-2-3-24(31)29-20-8-12-22(13-9-20)35-21-10-5-18(27)6-11-21/h5-15H,2-4,16H2,1H3,(H,29,31)(H,30,32). The number of nitrogens with one attached hydrogen (secondary N) is 2. The third-order valence-corrected chi connectivity index (χ3v) is 5.82. The Balaban J connectivity index is 1.33. The van der Waals surface area contributed by atoms with Crippen molar-refractivity contribution in [3.63, 3.8) is 0 Å². The van der Waals surface area contributed by atoms with Gasteiger partial charge >= 0.3 is 5.97 Å². The Bertz CT molecular complexity index is 1180. The minimum atomic E-state index is -0.532. The summed E-state index contributed by atoms with van der Waals surface area (Å²) in [7, 11) is 0. The molecule has 0 saturated carbocycles. The van der Waals surface area contributed by atoms with Gasteiger partial charge in [-0.25, -0.2) is 0 Å². The molecule has 35 heavy (non-hydrogen) atoms. The summed E-state index contributed by atoms with van der Waals surface area (Å²) in [5.41, 5.74) is 2.16. The Kier molecular flexibility index (Phi) is 9.86. The van der Waals surface area contributed by atoms with Gasteiger partial charge in [0.15, 0.2) is 6.61 Å². The van der Waals surface area contributed by atoms with Crippen LogP contribution in [0.1, 0.15) is 24.8 Å². The van der Waals surface area contributed by atoms with Crippen LogP contribution in [-0.2, 0) is 19.1 Å². The molecule has 9 heteroatoms. The minimum absolute atomic E-state index is 0.0397. The van der Waals surface area contributed by atoms with Gasteiger partial charge in [0.05, 0.1) is 0 Å². The molecule has 0 aliphatic carbocycles. The number of hydrogen-bond donors (Lipinski definition) is 2. The van der Waals surface area contributed by atoms with Gasteiger partial charge in [-0.2, -0.15) is 0 Å². The number of halogens is 2. The quantitative estimate of drug-likeness (QED) is 0.255. The summed E-state index contributed by atoms with van der Waals surface area (Å²) in [6, 6.07) is 19.9. The average molecular weight is 604 g/mol. The number of ether oxygens (including phenoxy) is 2. The number of amides is 2. The zero-order chi connectivity index (χ0) is 25.2. The van der Waals surface area contributed by atoms with Crippen LogP contribution in [0.15, 0.2) is 75.7 Å². The van der Waals surface area contributed by atoms with E-state index in [-0.39, 0.29) is 25.4 Å². The van der Waals surface area contributed by atoms with Crippen molar-refractivity contribution in [2.24, 2.45) is 0 Å². The van der Waals surface area contributed by atoms with Crippen molar-refractivity contribution in [1.82, 2.24) is 0 Å². The van der Waals surface area contributed by atoms with Crippen LogP contribution in [0.2, 0.25) is 0 Å². The molecular formula is C26H24Br2N2O5. The van der Waals surface area contributed by atoms with Crippen molar-refractivity contribution in [1.29, 1.82) is 0 Å². The summed E-state index contributed by atoms with van der Waals surface area (Å²) in [6.45, 7) is 1.48. The molecule has 3 aromatic carbocycles. The molecule has 0 fully saturated rings. The van der Waals surface area contributed by atoms with E-state index in [1.807, 2.05) is 43.3 Å². The predicted molar refractivity (Wildman–Crippen MR) is 142 cm³/mol. The van der Waals surface area contributed by atoms with E-state index in [4.69, 9.17) is 9.47 Å². The van der Waals surface area contributed by atoms with E-state index in [1.54, 1.807) is 30.3 Å². The highest BCUT2D eigenvalue weighted by molar-refractivity contribution is 9.10. The van der Waals surface area contributed by atoms with E-state index >= 15 is 0 Å². The Hall–Kier alpha value is -3.17. The molecule has 0 bridgehead atoms. The molecule has 0 aliphatic heterocycles. The fraction of sp³-hybridized carbons (Fsp3) is 0.192. The van der Waals surface area contributed by atoms with E-state index in [2.05, 4.69) is 42.5 Å². The van der Waals surface area contributed by atoms with Gasteiger partial charge in [-0.1, -0.05) is 31.9 Å². The molecule has 0 spiro atoms. The highest BCUT2D eigenvalue weighted by atomic mass is 79.9. The topological polar surface area (TPSA) is 93.7 Å². The lowest BCUT2D eigenvalue weighted by Gasteiger charge is -2.10. The molecular weight excluding hydrogens is 580 g/mol. The SMILES string of the molecule is Cc1cc(Br)ccc1NC(=O)COC(=O)CCCC(=O)Nc1ccc(Oc2ccc(Br)cc2)cc1. The molecule has 0 radical (unpaired) electrons. The summed E-state index contributed by atoms with van der Waals surface area (Å²) >= 11 is 6.74. The summed E-state index contributed by atoms with van der Waals surface area (Å²) in [5.74, 6) is 0.178. The van der Waals surface area contributed by atoms with Crippen molar-refractivity contribution in [2.45, 2.75) is 26.2 Å². The van der Waals surface area contributed by atoms with Crippen LogP contribution < -0.4 is 15.4 Å². The van der Waals surface area contributed by atoms with Crippen LogP contribution in [0.5, 0.6) is 11.5 Å². The van der Waals surface area contributed by atoms with E-state index in [0.717, 1.165) is 14.5 Å². The lowest BCUT2D eigenvalue weighted by Crippen LogP contribution is -2.21. The first kappa shape index (κ1) is 26.4. The van der Waals surface area contributed by atoms with Crippen LogP contribution in [-0.4, -0.2) is 24.4 Å². The maximum absolute atomic E-state index is 12.2. The number of aryl methyl sites for hydroxylation is 1. The van der Waals surface area contributed by atoms with Crippen molar-refractivity contribution in [2.75, 3.05) is 17.2 Å². The molecule has 0 aromatic heterocycles. The van der Waals surface area contributed by atoms with Crippen molar-refractivity contribution < 1.29 is 23.9 Å². The van der Waals surface area contributed by atoms with Gasteiger partial charge in [0, 0.05) is 33.2 Å². The number of carbonyl (C=O) groups is 3. The zero-order valence-electron chi connectivity index (χ0n) is 19.0. The molecule has 0 unspecified atom stereocenters. The monoisotopic (exact) mass is 602 g/mol. The Morgan fingerprint density at radius 2 is 1.40 bits per heavy atom. The first-order chi connectivity index (χ1) is 16.8. The van der Waals surface area contributed by atoms with Gasteiger partial charge in [0.2, 0.25) is 5.91 Å². The Morgan fingerprint density at radius 1 is 0.771 bits per heavy atom. The van der Waals surface area contributed by atoms with E-state index in [9.17, 15) is 14.4 Å². The van der Waals surface area contributed by atoms with Crippen LogP contribution in [0.25, 0.3) is 0 Å². The van der Waals surface area contributed by atoms with Crippen LogP contribution in [0.4, 0.5) is 11.4 Å². The number of benzene rings is 3. The number of rotatable bonds is 10. The van der Waals surface area contributed by atoms with Crippen molar-refractivity contribution in [3.05, 3.63) is 81.2 Å². The molecule has 2 N–H and O–H groups in total. The Labute approximate surface area is 220 Å². The molecule has 7 nitrogen and oxygen atoms in total. The van der Waals surface area contributed by atoms with E-state index < -0.39 is 11.9 Å². The first-order valence-corrected chi connectivity index (χ1v) is 12.4. The van der Waals surface area contributed by atoms with Gasteiger partial charge < -0.3 is 20.1 Å². The summed E-state index contributed by atoms with van der Waals surface area (Å²) < 4.78 is 12.6. The molecule has 0 atom stereocenters. The largest absolute Gasteiger partial charge is 0.457 e. The second-order valence-electron chi connectivity index (χ2n) is 7.65. The maximum Gasteiger partial charge on any atom is 0.306 e. The van der Waals surface area contributed by atoms with Crippen LogP contribution >= 0.6 is 31.9 Å². The second-order valence-corrected chi connectivity index (χ2v) is 9.48. The van der Waals surface area contributed by atoms with E-state index in [0.29, 0.717) is 29.3 Å². The normalized spacial score (nSPS) is 10.4. The average Bonchev–Trinajstić information content (AvgIpc) is 2.82. The van der Waals surface area contributed by atoms with Gasteiger partial charge in [-0.15, -0.1) is 0 Å². The molecule has 182 valence electrons. The number of anilines is 2. The zero-order valence-corrected chi connectivity index (χ0v) is 22.1. The number of hydrogen-bond acceptors (Lipinski definition) is 5. The van der Waals surface area contributed by atoms with Gasteiger partial charge in [0.25, 0.3) is 5.91 Å². The van der Waals surface area contributed by atoms with Crippen LogP contribution in [0.3, 0.4) is 0 Å². The second kappa shape index (κ2) is 13.1. The Morgan fingerprint density at radius 3 is 2.06 bits per heavy atom. The van der Waals surface area contributed by atoms with Crippen molar-refractivity contribution >= 4 is 61.0 Å². The minimum Gasteiger partial charge on any atom is -0.457 e. The predicted octanol–water partition coefficient (Wildman–Crippen LogP) is 6.60. The lowest BCUT2D eigenvalue weighted by atomic mass is 10.2. The highest BCUT2D eigenvalue weighted by Crippen LogP contribution is 2.24. The number of carbonyl (C=O) groups excluding carboxylic acids is 3. The van der Waals surface area contributed by atoms with Crippen molar-refractivity contribution in [3.8, 4) is 11.5 Å². The summed E-state index contributed by atoms with van der Waals surface area (Å²) in [6.07, 6.45) is 0.497. The smallest absolute Gasteiger partial charge is 0.306 e. The molecule has 0 saturated heterocycles.